The maximum absolute atomic E-state index is 11.7. The number of rotatable bonds is 3. The van der Waals surface area contributed by atoms with Crippen molar-refractivity contribution in [3.8, 4) is 11.8 Å². The lowest BCUT2D eigenvalue weighted by Gasteiger charge is -2.38. The number of ether oxygens (including phenoxy) is 1. The van der Waals surface area contributed by atoms with Gasteiger partial charge in [0.25, 0.3) is 0 Å². The Morgan fingerprint density at radius 2 is 1.94 bits per heavy atom. The van der Waals surface area contributed by atoms with Gasteiger partial charge in [0.1, 0.15) is 11.4 Å². The van der Waals surface area contributed by atoms with Crippen LogP contribution in [0.1, 0.15) is 40.5 Å². The highest BCUT2D eigenvalue weighted by Gasteiger charge is 2.37. The Labute approximate surface area is 109 Å². The first-order valence-corrected chi connectivity index (χ1v) is 6.23. The molecule has 1 fully saturated rings. The molecule has 0 aromatic carbocycles. The van der Waals surface area contributed by atoms with Crippen molar-refractivity contribution >= 4 is 11.9 Å². The molecule has 0 spiro atoms. The highest BCUT2D eigenvalue weighted by molar-refractivity contribution is 5.84. The lowest BCUT2D eigenvalue weighted by molar-refractivity contribution is -0.127. The summed E-state index contributed by atoms with van der Waals surface area (Å²) >= 11 is 0. The van der Waals surface area contributed by atoms with Gasteiger partial charge in [-0.15, -0.1) is 11.8 Å². The van der Waals surface area contributed by atoms with Crippen LogP contribution in [0, 0.1) is 17.8 Å². The average molecular weight is 251 g/mol. The number of ketones is 1. The van der Waals surface area contributed by atoms with Crippen LogP contribution >= 0.6 is 0 Å². The van der Waals surface area contributed by atoms with Gasteiger partial charge in [-0.2, -0.15) is 0 Å². The molecule has 4 heteroatoms. The Morgan fingerprint density at radius 1 is 1.33 bits per heavy atom. The number of carbonyl (C=O) groups is 2. The molecule has 1 saturated heterocycles. The summed E-state index contributed by atoms with van der Waals surface area (Å²) in [6, 6.07) is 0. The van der Waals surface area contributed by atoms with E-state index in [-0.39, 0.29) is 17.8 Å². The summed E-state index contributed by atoms with van der Waals surface area (Å²) in [6.45, 7) is 8.21. The van der Waals surface area contributed by atoms with Crippen molar-refractivity contribution in [1.82, 2.24) is 4.90 Å². The number of hydrogen-bond donors (Lipinski definition) is 0. The lowest BCUT2D eigenvalue weighted by atomic mass is 9.93. The van der Waals surface area contributed by atoms with E-state index in [0.717, 1.165) is 0 Å². The zero-order chi connectivity index (χ0) is 13.8. The summed E-state index contributed by atoms with van der Waals surface area (Å²) in [5, 5.41) is 0. The summed E-state index contributed by atoms with van der Waals surface area (Å²) < 4.78 is 5.22. The molecule has 1 heterocycles. The van der Waals surface area contributed by atoms with Gasteiger partial charge >= 0.3 is 6.09 Å². The zero-order valence-corrected chi connectivity index (χ0v) is 11.6. The fraction of sp³-hybridized carbons (Fsp3) is 0.714. The van der Waals surface area contributed by atoms with Crippen LogP contribution in [0.25, 0.3) is 0 Å². The highest BCUT2D eigenvalue weighted by Crippen LogP contribution is 2.21. The highest BCUT2D eigenvalue weighted by atomic mass is 16.6. The second-order valence-corrected chi connectivity index (χ2v) is 5.48. The smallest absolute Gasteiger partial charge is 0.410 e. The van der Waals surface area contributed by atoms with Crippen LogP contribution in [-0.2, 0) is 9.53 Å². The molecule has 0 N–H and O–H groups in total. The van der Waals surface area contributed by atoms with Gasteiger partial charge in [-0.25, -0.2) is 4.79 Å². The van der Waals surface area contributed by atoms with E-state index in [1.54, 1.807) is 11.8 Å². The molecule has 1 amide bonds. The number of Topliss-reactive ketones (excluding diaryl/α,β-unsaturated/α-hetero) is 1. The molecule has 1 rings (SSSR count). The van der Waals surface area contributed by atoms with Crippen molar-refractivity contribution in [2.24, 2.45) is 5.92 Å². The van der Waals surface area contributed by atoms with E-state index in [0.29, 0.717) is 25.9 Å². The number of hydrogen-bond acceptors (Lipinski definition) is 3. The molecule has 0 bridgehead atoms. The monoisotopic (exact) mass is 251 g/mol. The normalized spacial score (nSPS) is 15.4. The van der Waals surface area contributed by atoms with Gasteiger partial charge in [-0.1, -0.05) is 0 Å². The molecule has 0 aliphatic carbocycles. The molecule has 1 aliphatic heterocycles. The molecule has 4 nitrogen and oxygen atoms in total. The summed E-state index contributed by atoms with van der Waals surface area (Å²) in [5.41, 5.74) is -0.483. The van der Waals surface area contributed by atoms with Crippen LogP contribution < -0.4 is 0 Å². The van der Waals surface area contributed by atoms with E-state index in [1.807, 2.05) is 20.8 Å². The van der Waals surface area contributed by atoms with Crippen molar-refractivity contribution in [2.45, 2.75) is 46.1 Å². The number of carbonyl (C=O) groups excluding carboxylic acids is 2. The molecule has 100 valence electrons. The first kappa shape index (κ1) is 14.6. The first-order valence-electron chi connectivity index (χ1n) is 6.23. The Morgan fingerprint density at radius 3 is 2.44 bits per heavy atom. The van der Waals surface area contributed by atoms with Crippen LogP contribution in [0.4, 0.5) is 4.79 Å². The van der Waals surface area contributed by atoms with Gasteiger partial charge in [0.2, 0.25) is 0 Å². The summed E-state index contributed by atoms with van der Waals surface area (Å²) in [6.07, 6.45) is 0.756. The van der Waals surface area contributed by atoms with Gasteiger partial charge in [0.15, 0.2) is 0 Å². The van der Waals surface area contributed by atoms with E-state index < -0.39 is 5.60 Å². The van der Waals surface area contributed by atoms with Crippen molar-refractivity contribution < 1.29 is 14.3 Å². The van der Waals surface area contributed by atoms with E-state index in [2.05, 4.69) is 11.8 Å². The topological polar surface area (TPSA) is 46.6 Å². The largest absolute Gasteiger partial charge is 0.444 e. The molecule has 0 unspecified atom stereocenters. The molecule has 0 aromatic heterocycles. The van der Waals surface area contributed by atoms with E-state index >= 15 is 0 Å². The minimum absolute atomic E-state index is 0.0313. The summed E-state index contributed by atoms with van der Waals surface area (Å²) in [7, 11) is 0. The second-order valence-electron chi connectivity index (χ2n) is 5.48. The van der Waals surface area contributed by atoms with Crippen LogP contribution in [0.2, 0.25) is 0 Å². The van der Waals surface area contributed by atoms with E-state index in [9.17, 15) is 9.59 Å². The minimum Gasteiger partial charge on any atom is -0.444 e. The van der Waals surface area contributed by atoms with Crippen LogP contribution in [0.3, 0.4) is 0 Å². The third kappa shape index (κ3) is 4.40. The number of amides is 1. The quantitative estimate of drug-likeness (QED) is 0.723. The van der Waals surface area contributed by atoms with Crippen molar-refractivity contribution in [3.05, 3.63) is 0 Å². The lowest BCUT2D eigenvalue weighted by Crippen LogP contribution is -2.54. The molecule has 0 radical (unpaired) electrons. The SMILES string of the molecule is CC#CCCC(=O)C1CN(C(=O)OC(C)(C)C)C1. The number of likely N-dealkylation sites (tertiary alicyclic amines) is 1. The molecule has 1 aliphatic rings. The Balaban J connectivity index is 2.28. The third-order valence-corrected chi connectivity index (χ3v) is 2.66. The molecule has 0 aromatic rings. The maximum atomic E-state index is 11.7. The third-order valence-electron chi connectivity index (χ3n) is 2.66. The fourth-order valence-electron chi connectivity index (χ4n) is 1.67. The zero-order valence-electron chi connectivity index (χ0n) is 11.6. The first-order chi connectivity index (χ1) is 8.33. The van der Waals surface area contributed by atoms with Gasteiger partial charge < -0.3 is 9.64 Å². The molecular formula is C14H21NO3. The standard InChI is InChI=1S/C14H21NO3/c1-5-6-7-8-12(16)11-9-15(10-11)13(17)18-14(2,3)4/h11H,7-10H2,1-4H3. The van der Waals surface area contributed by atoms with Gasteiger partial charge in [0, 0.05) is 25.9 Å². The molecule has 0 atom stereocenters. The predicted molar refractivity (Wildman–Crippen MR) is 69.0 cm³/mol. The predicted octanol–water partition coefficient (Wildman–Crippen LogP) is 2.23. The summed E-state index contributed by atoms with van der Waals surface area (Å²) in [4.78, 5) is 24.9. The maximum Gasteiger partial charge on any atom is 0.410 e. The second kappa shape index (κ2) is 5.90. The number of nitrogens with zero attached hydrogens (tertiary/aromatic N) is 1. The van der Waals surface area contributed by atoms with Crippen LogP contribution in [-0.4, -0.2) is 35.5 Å². The van der Waals surface area contributed by atoms with Gasteiger partial charge in [0.05, 0.1) is 5.92 Å². The van der Waals surface area contributed by atoms with Crippen LogP contribution in [0.15, 0.2) is 0 Å². The minimum atomic E-state index is -0.483. The van der Waals surface area contributed by atoms with Crippen LogP contribution in [0.5, 0.6) is 0 Å². The Bertz CT molecular complexity index is 378. The molecular weight excluding hydrogens is 230 g/mol. The van der Waals surface area contributed by atoms with E-state index in [1.165, 1.54) is 0 Å². The van der Waals surface area contributed by atoms with Gasteiger partial charge in [-0.05, 0) is 27.7 Å². The van der Waals surface area contributed by atoms with Gasteiger partial charge in [-0.3, -0.25) is 4.79 Å². The molecule has 0 saturated carbocycles. The molecule has 18 heavy (non-hydrogen) atoms. The Hall–Kier alpha value is -1.50. The Kier molecular flexibility index (Phi) is 4.77. The summed E-state index contributed by atoms with van der Waals surface area (Å²) in [5.74, 6) is 5.80. The van der Waals surface area contributed by atoms with E-state index in [4.69, 9.17) is 4.74 Å². The van der Waals surface area contributed by atoms with Crippen molar-refractivity contribution in [1.29, 1.82) is 0 Å². The fourth-order valence-corrected chi connectivity index (χ4v) is 1.67. The van der Waals surface area contributed by atoms with Crippen molar-refractivity contribution in [2.75, 3.05) is 13.1 Å². The van der Waals surface area contributed by atoms with Crippen molar-refractivity contribution in [3.63, 3.8) is 0 Å². The average Bonchev–Trinajstić information content (AvgIpc) is 2.12.